The molecule has 0 bridgehead atoms. The van der Waals surface area contributed by atoms with Gasteiger partial charge in [0.05, 0.1) is 11.9 Å². The first kappa shape index (κ1) is 15.9. The van der Waals surface area contributed by atoms with E-state index in [1.807, 2.05) is 10.9 Å². The third kappa shape index (κ3) is 3.74. The Kier molecular flexibility index (Phi) is 4.53. The number of hydrogen-bond acceptors (Lipinski definition) is 3. The van der Waals surface area contributed by atoms with Crippen molar-refractivity contribution in [1.29, 1.82) is 0 Å². The highest BCUT2D eigenvalue weighted by Gasteiger charge is 2.17. The van der Waals surface area contributed by atoms with E-state index < -0.39 is 0 Å². The number of benzene rings is 2. The second-order valence-electron chi connectivity index (χ2n) is 6.73. The smallest absolute Gasteiger partial charge is 0.0647 e. The first-order valence-electron chi connectivity index (χ1n) is 8.91. The molecule has 0 amide bonds. The zero-order valence-electron chi connectivity index (χ0n) is 14.7. The number of aryl methyl sites for hydroxylation is 1. The fraction of sp³-hybridized carbons (Fsp3) is 0.286. The first-order valence-corrected chi connectivity index (χ1v) is 8.91. The maximum atomic E-state index is 4.37. The van der Waals surface area contributed by atoms with Gasteiger partial charge in [-0.05, 0) is 42.3 Å². The van der Waals surface area contributed by atoms with Gasteiger partial charge in [-0.25, -0.2) is 4.68 Å². The summed E-state index contributed by atoms with van der Waals surface area (Å²) in [5, 5.41) is 4.37. The number of nitrogens with zero attached hydrogens (tertiary/aromatic N) is 4. The van der Waals surface area contributed by atoms with E-state index in [9.17, 15) is 0 Å². The Labute approximate surface area is 149 Å². The Balaban J connectivity index is 1.36. The summed E-state index contributed by atoms with van der Waals surface area (Å²) in [6.45, 7) is 7.48. The molecule has 1 aliphatic rings. The van der Waals surface area contributed by atoms with E-state index in [1.165, 1.54) is 16.8 Å². The van der Waals surface area contributed by atoms with Crippen LogP contribution in [0, 0.1) is 6.92 Å². The lowest BCUT2D eigenvalue weighted by atomic mass is 10.2. The standard InChI is InChI=1S/C21H24N4/c1-18-15-22-25(16-18)21-9-7-20(8-10-21)24-13-11-23(12-14-24)17-19-5-3-2-4-6-19/h2-10,15-16H,11-14,17H2,1H3. The van der Waals surface area contributed by atoms with Crippen molar-refractivity contribution in [1.82, 2.24) is 14.7 Å². The highest BCUT2D eigenvalue weighted by molar-refractivity contribution is 5.51. The fourth-order valence-electron chi connectivity index (χ4n) is 3.38. The molecule has 25 heavy (non-hydrogen) atoms. The SMILES string of the molecule is Cc1cnn(-c2ccc(N3CCN(Cc4ccccc4)CC3)cc2)c1. The molecular formula is C21H24N4. The van der Waals surface area contributed by atoms with E-state index in [1.54, 1.807) is 0 Å². The summed E-state index contributed by atoms with van der Waals surface area (Å²) in [6.07, 6.45) is 3.94. The van der Waals surface area contributed by atoms with Gasteiger partial charge in [-0.3, -0.25) is 4.90 Å². The average Bonchev–Trinajstić information content (AvgIpc) is 3.10. The minimum absolute atomic E-state index is 1.05. The molecule has 1 aliphatic heterocycles. The summed E-state index contributed by atoms with van der Waals surface area (Å²) >= 11 is 0. The van der Waals surface area contributed by atoms with Crippen LogP contribution in [-0.4, -0.2) is 40.9 Å². The van der Waals surface area contributed by atoms with Crippen LogP contribution in [0.4, 0.5) is 5.69 Å². The molecule has 4 rings (SSSR count). The van der Waals surface area contributed by atoms with Gasteiger partial charge in [0.1, 0.15) is 0 Å². The maximum Gasteiger partial charge on any atom is 0.0647 e. The molecule has 1 saturated heterocycles. The number of piperazine rings is 1. The molecule has 1 fully saturated rings. The summed E-state index contributed by atoms with van der Waals surface area (Å²) in [7, 11) is 0. The van der Waals surface area contributed by atoms with Crippen LogP contribution in [0.1, 0.15) is 11.1 Å². The summed E-state index contributed by atoms with van der Waals surface area (Å²) in [5.41, 5.74) is 4.99. The van der Waals surface area contributed by atoms with Gasteiger partial charge in [0, 0.05) is 44.6 Å². The molecule has 0 aliphatic carbocycles. The lowest BCUT2D eigenvalue weighted by Crippen LogP contribution is -2.45. The van der Waals surface area contributed by atoms with Crippen LogP contribution in [0.15, 0.2) is 67.0 Å². The van der Waals surface area contributed by atoms with Gasteiger partial charge in [-0.15, -0.1) is 0 Å². The Bertz CT molecular complexity index is 799. The third-order valence-corrected chi connectivity index (χ3v) is 4.81. The van der Waals surface area contributed by atoms with E-state index in [0.717, 1.165) is 38.4 Å². The zero-order chi connectivity index (χ0) is 17.1. The lowest BCUT2D eigenvalue weighted by molar-refractivity contribution is 0.250. The Morgan fingerprint density at radius 1 is 0.840 bits per heavy atom. The summed E-state index contributed by atoms with van der Waals surface area (Å²) < 4.78 is 1.93. The Morgan fingerprint density at radius 2 is 1.52 bits per heavy atom. The fourth-order valence-corrected chi connectivity index (χ4v) is 3.38. The van der Waals surface area contributed by atoms with E-state index in [2.05, 4.69) is 82.6 Å². The number of anilines is 1. The number of aromatic nitrogens is 2. The minimum Gasteiger partial charge on any atom is -0.369 e. The molecule has 128 valence electrons. The van der Waals surface area contributed by atoms with Crippen LogP contribution in [0.5, 0.6) is 0 Å². The summed E-state index contributed by atoms with van der Waals surface area (Å²) in [6, 6.07) is 19.5. The van der Waals surface area contributed by atoms with Gasteiger partial charge in [0.25, 0.3) is 0 Å². The van der Waals surface area contributed by atoms with Crippen LogP contribution < -0.4 is 4.90 Å². The first-order chi connectivity index (χ1) is 12.3. The number of rotatable bonds is 4. The monoisotopic (exact) mass is 332 g/mol. The molecule has 0 unspecified atom stereocenters. The van der Waals surface area contributed by atoms with Crippen molar-refractivity contribution in [2.75, 3.05) is 31.1 Å². The van der Waals surface area contributed by atoms with Crippen LogP contribution in [0.25, 0.3) is 5.69 Å². The Hall–Kier alpha value is -2.59. The molecule has 4 nitrogen and oxygen atoms in total. The van der Waals surface area contributed by atoms with Gasteiger partial charge >= 0.3 is 0 Å². The molecule has 3 aromatic rings. The van der Waals surface area contributed by atoms with Crippen LogP contribution in [-0.2, 0) is 6.54 Å². The van der Waals surface area contributed by atoms with Crippen molar-refractivity contribution in [2.45, 2.75) is 13.5 Å². The lowest BCUT2D eigenvalue weighted by Gasteiger charge is -2.36. The molecule has 4 heteroatoms. The molecule has 0 N–H and O–H groups in total. The van der Waals surface area contributed by atoms with Crippen LogP contribution >= 0.6 is 0 Å². The van der Waals surface area contributed by atoms with Crippen molar-refractivity contribution in [3.8, 4) is 5.69 Å². The normalized spacial score (nSPS) is 15.5. The van der Waals surface area contributed by atoms with Gasteiger partial charge < -0.3 is 4.90 Å². The van der Waals surface area contributed by atoms with Gasteiger partial charge in [-0.2, -0.15) is 5.10 Å². The molecule has 2 heterocycles. The topological polar surface area (TPSA) is 24.3 Å². The second-order valence-corrected chi connectivity index (χ2v) is 6.73. The quantitative estimate of drug-likeness (QED) is 0.731. The predicted octanol–water partition coefficient (Wildman–Crippen LogP) is 3.50. The second kappa shape index (κ2) is 7.11. The summed E-state index contributed by atoms with van der Waals surface area (Å²) in [5.74, 6) is 0. The van der Waals surface area contributed by atoms with E-state index in [0.29, 0.717) is 0 Å². The van der Waals surface area contributed by atoms with E-state index >= 15 is 0 Å². The van der Waals surface area contributed by atoms with Gasteiger partial charge in [0.15, 0.2) is 0 Å². The highest BCUT2D eigenvalue weighted by atomic mass is 15.3. The van der Waals surface area contributed by atoms with Crippen molar-refractivity contribution in [3.05, 3.63) is 78.1 Å². The molecule has 0 spiro atoms. The largest absolute Gasteiger partial charge is 0.369 e. The van der Waals surface area contributed by atoms with Crippen molar-refractivity contribution in [2.24, 2.45) is 0 Å². The van der Waals surface area contributed by atoms with Crippen molar-refractivity contribution < 1.29 is 0 Å². The maximum absolute atomic E-state index is 4.37. The van der Waals surface area contributed by atoms with Crippen LogP contribution in [0.2, 0.25) is 0 Å². The van der Waals surface area contributed by atoms with E-state index in [-0.39, 0.29) is 0 Å². The highest BCUT2D eigenvalue weighted by Crippen LogP contribution is 2.20. The molecule has 0 radical (unpaired) electrons. The van der Waals surface area contributed by atoms with Gasteiger partial charge in [0.2, 0.25) is 0 Å². The minimum atomic E-state index is 1.05. The molecule has 0 atom stereocenters. The average molecular weight is 332 g/mol. The summed E-state index contributed by atoms with van der Waals surface area (Å²) in [4.78, 5) is 5.01. The van der Waals surface area contributed by atoms with Crippen molar-refractivity contribution >= 4 is 5.69 Å². The number of hydrogen-bond donors (Lipinski definition) is 0. The molecule has 0 saturated carbocycles. The van der Waals surface area contributed by atoms with Gasteiger partial charge in [-0.1, -0.05) is 30.3 Å². The predicted molar refractivity (Wildman–Crippen MR) is 102 cm³/mol. The van der Waals surface area contributed by atoms with E-state index in [4.69, 9.17) is 0 Å². The van der Waals surface area contributed by atoms with Crippen molar-refractivity contribution in [3.63, 3.8) is 0 Å². The van der Waals surface area contributed by atoms with Crippen LogP contribution in [0.3, 0.4) is 0 Å². The molecule has 1 aromatic heterocycles. The molecular weight excluding hydrogens is 308 g/mol. The Morgan fingerprint density at radius 3 is 2.16 bits per heavy atom. The molecule has 2 aromatic carbocycles. The zero-order valence-corrected chi connectivity index (χ0v) is 14.7. The third-order valence-electron chi connectivity index (χ3n) is 4.81.